The van der Waals surface area contributed by atoms with Gasteiger partial charge in [0, 0.05) is 0 Å². The van der Waals surface area contributed by atoms with Crippen molar-refractivity contribution in [3.63, 3.8) is 0 Å². The number of hydrogen-bond acceptors (Lipinski definition) is 4. The molecule has 0 aromatic rings. The molecule has 0 aliphatic carbocycles. The van der Waals surface area contributed by atoms with Crippen molar-refractivity contribution in [3.8, 4) is 0 Å². The van der Waals surface area contributed by atoms with E-state index < -0.39 is 6.16 Å². The summed E-state index contributed by atoms with van der Waals surface area (Å²) in [5.41, 5.74) is 0. The second-order valence-corrected chi connectivity index (χ2v) is 0.368. The minimum absolute atomic E-state index is 0. The maximum Gasteiger partial charge on any atom is 1.00 e. The van der Waals surface area contributed by atoms with Crippen molar-refractivity contribution in [2.45, 2.75) is 0 Å². The van der Waals surface area contributed by atoms with Crippen LogP contribution in [0.2, 0.25) is 0 Å². The average Bonchev–Trinajstić information content (AvgIpc) is 1.38. The Kier molecular flexibility index (Phi) is 8.30. The Morgan fingerprint density at radius 3 is 2.00 bits per heavy atom. The van der Waals surface area contributed by atoms with Crippen molar-refractivity contribution in [1.82, 2.24) is 0 Å². The number of carbonyl (C=O) groups is 1. The molecule has 0 saturated heterocycles. The maximum atomic E-state index is 8.91. The van der Waals surface area contributed by atoms with Crippen LogP contribution in [0.25, 0.3) is 0 Å². The third kappa shape index (κ3) is 8.87. The van der Waals surface area contributed by atoms with Crippen LogP contribution < -0.4 is 40.6 Å². The second-order valence-electron chi connectivity index (χ2n) is 0.368. The molecule has 0 amide bonds. The first-order valence-corrected chi connectivity index (χ1v) is 0.848. The summed E-state index contributed by atoms with van der Waals surface area (Å²) in [6, 6.07) is 0. The van der Waals surface area contributed by atoms with Gasteiger partial charge in [-0.05, 0) is 0 Å². The fourth-order valence-electron chi connectivity index (χ4n) is 0. The molecule has 0 unspecified atom stereocenters. The van der Waals surface area contributed by atoms with Gasteiger partial charge in [0.2, 0.25) is 0 Å². The van der Waals surface area contributed by atoms with Crippen LogP contribution in [0, 0.1) is 0 Å². The van der Waals surface area contributed by atoms with Gasteiger partial charge < -0.3 is 14.7 Å². The van der Waals surface area contributed by atoms with Gasteiger partial charge >= 0.3 is 29.6 Å². The fraction of sp³-hybridized carbons (Fsp3) is 0. The Morgan fingerprint density at radius 1 is 1.83 bits per heavy atom. The first kappa shape index (κ1) is 9.52. The minimum Gasteiger partial charge on any atom is -0.472 e. The van der Waals surface area contributed by atoms with Crippen LogP contribution in [0.15, 0.2) is 0 Å². The Labute approximate surface area is 56.5 Å². The summed E-state index contributed by atoms with van der Waals surface area (Å²) < 4.78 is 0. The quantitative estimate of drug-likeness (QED) is 0.244. The number of rotatable bonds is 0. The van der Waals surface area contributed by atoms with Gasteiger partial charge in [0.05, 0.1) is 0 Å². The van der Waals surface area contributed by atoms with E-state index in [1.165, 1.54) is 0 Å². The van der Waals surface area contributed by atoms with Crippen LogP contribution in [0.5, 0.6) is 0 Å². The van der Waals surface area contributed by atoms with E-state index in [1.54, 1.807) is 0 Å². The molecular weight excluding hydrogens is 97.0 g/mol. The molecule has 0 atom stereocenters. The van der Waals surface area contributed by atoms with Gasteiger partial charge in [0.25, 0.3) is 6.16 Å². The average molecular weight is 99.0 g/mol. The number of hydrogen-bond donors (Lipinski definition) is 1. The van der Waals surface area contributed by atoms with Crippen molar-refractivity contribution in [1.29, 1.82) is 0 Å². The molecule has 0 fully saturated rings. The van der Waals surface area contributed by atoms with E-state index in [0.717, 1.165) is 0 Å². The molecule has 0 bridgehead atoms. The summed E-state index contributed by atoms with van der Waals surface area (Å²) in [7, 11) is 0. The molecule has 0 aromatic heterocycles. The predicted octanol–water partition coefficient (Wildman–Crippen LogP) is -4.78. The largest absolute Gasteiger partial charge is 1.00 e. The molecule has 30 valence electrons. The monoisotopic (exact) mass is 99.0 g/mol. The zero-order valence-electron chi connectivity index (χ0n) is 3.30. The molecule has 6 heavy (non-hydrogen) atoms. The van der Waals surface area contributed by atoms with E-state index in [4.69, 9.17) is 9.90 Å². The summed E-state index contributed by atoms with van der Waals surface area (Å²) in [6.07, 6.45) is -1.72. The van der Waals surface area contributed by atoms with Crippen LogP contribution in [0.4, 0.5) is 4.79 Å². The van der Waals surface area contributed by atoms with Gasteiger partial charge in [-0.2, -0.15) is 0 Å². The molecular formula is CH2NNaO3. The summed E-state index contributed by atoms with van der Waals surface area (Å²) in [6.45, 7) is 0. The van der Waals surface area contributed by atoms with Gasteiger partial charge in [-0.25, -0.2) is 5.90 Å². The zero-order valence-corrected chi connectivity index (χ0v) is 5.30. The molecule has 0 aromatic carbocycles. The number of carbonyl (C=O) groups excluding carboxylic acids is 1. The predicted molar refractivity (Wildman–Crippen MR) is 10.7 cm³/mol. The molecule has 0 spiro atoms. The molecule has 5 heteroatoms. The molecule has 0 heterocycles. The van der Waals surface area contributed by atoms with Gasteiger partial charge in [0.1, 0.15) is 0 Å². The van der Waals surface area contributed by atoms with Gasteiger partial charge in [-0.3, -0.25) is 0 Å². The molecule has 0 radical (unpaired) electrons. The van der Waals surface area contributed by atoms with E-state index in [-0.39, 0.29) is 29.6 Å². The third-order valence-corrected chi connectivity index (χ3v) is 0.0962. The first-order chi connectivity index (χ1) is 2.27. The van der Waals surface area contributed by atoms with Crippen LogP contribution in [-0.2, 0) is 4.84 Å². The van der Waals surface area contributed by atoms with Crippen LogP contribution in [-0.4, -0.2) is 6.16 Å². The molecule has 0 rings (SSSR count). The van der Waals surface area contributed by atoms with E-state index in [2.05, 4.69) is 10.7 Å². The summed E-state index contributed by atoms with van der Waals surface area (Å²) in [5.74, 6) is 4.01. The Bertz CT molecular complexity index is 46.1. The third-order valence-electron chi connectivity index (χ3n) is 0.0962. The maximum absolute atomic E-state index is 8.91. The van der Waals surface area contributed by atoms with Crippen molar-refractivity contribution >= 4 is 6.16 Å². The molecule has 2 N–H and O–H groups in total. The van der Waals surface area contributed by atoms with E-state index in [0.29, 0.717) is 0 Å². The topological polar surface area (TPSA) is 75.4 Å². The van der Waals surface area contributed by atoms with Crippen LogP contribution >= 0.6 is 0 Å². The molecule has 0 saturated carbocycles. The van der Waals surface area contributed by atoms with Gasteiger partial charge in [-0.15, -0.1) is 0 Å². The minimum atomic E-state index is -1.72. The van der Waals surface area contributed by atoms with Crippen molar-refractivity contribution in [2.24, 2.45) is 5.90 Å². The Morgan fingerprint density at radius 2 is 2.00 bits per heavy atom. The van der Waals surface area contributed by atoms with Gasteiger partial charge in [-0.1, -0.05) is 0 Å². The van der Waals surface area contributed by atoms with E-state index >= 15 is 0 Å². The first-order valence-electron chi connectivity index (χ1n) is 0.848. The number of carboxylic acid groups (broad SMARTS) is 1. The second kappa shape index (κ2) is 5.23. The van der Waals surface area contributed by atoms with Crippen LogP contribution in [0.1, 0.15) is 0 Å². The van der Waals surface area contributed by atoms with E-state index in [1.807, 2.05) is 0 Å². The number of nitrogens with two attached hydrogens (primary N) is 1. The molecule has 4 nitrogen and oxygen atoms in total. The summed E-state index contributed by atoms with van der Waals surface area (Å²) in [4.78, 5) is 12.0. The normalized spacial score (nSPS) is 5.50. The smallest absolute Gasteiger partial charge is 0.472 e. The van der Waals surface area contributed by atoms with Crippen LogP contribution in [0.3, 0.4) is 0 Å². The Hall–Kier alpha value is 0.230. The summed E-state index contributed by atoms with van der Waals surface area (Å²) in [5, 5.41) is 8.91. The SMILES string of the molecule is NOC(=O)[O-].[Na+]. The zero-order chi connectivity index (χ0) is 4.28. The fourth-order valence-corrected chi connectivity index (χ4v) is 0. The molecule has 0 aliphatic heterocycles. The summed E-state index contributed by atoms with van der Waals surface area (Å²) >= 11 is 0. The van der Waals surface area contributed by atoms with Gasteiger partial charge in [0.15, 0.2) is 0 Å². The van der Waals surface area contributed by atoms with E-state index in [9.17, 15) is 0 Å². The standard InChI is InChI=1S/CH3NO3.Na/c2-5-1(3)4;/h2H2,(H,3,4);/q;+1/p-1. The van der Waals surface area contributed by atoms with Crippen molar-refractivity contribution < 1.29 is 44.3 Å². The Balaban J connectivity index is 0. The molecule has 0 aliphatic rings. The van der Waals surface area contributed by atoms with Crippen molar-refractivity contribution in [3.05, 3.63) is 0 Å². The van der Waals surface area contributed by atoms with Crippen molar-refractivity contribution in [2.75, 3.05) is 0 Å².